The van der Waals surface area contributed by atoms with Crippen molar-refractivity contribution in [2.24, 2.45) is 0 Å². The predicted octanol–water partition coefficient (Wildman–Crippen LogP) is 18.3. The molecule has 0 radical (unpaired) electrons. The molecule has 0 aliphatic heterocycles. The Morgan fingerprint density at radius 3 is 0.891 bits per heavy atom. The van der Waals surface area contributed by atoms with Crippen molar-refractivity contribution in [2.45, 2.75) is 290 Å². The minimum absolute atomic E-state index is 0.0779. The van der Waals surface area contributed by atoms with Gasteiger partial charge in [-0.15, -0.1) is 0 Å². The van der Waals surface area contributed by atoms with Crippen LogP contribution in [0, 0.1) is 0 Å². The van der Waals surface area contributed by atoms with Gasteiger partial charge >= 0.3 is 17.9 Å². The smallest absolute Gasteiger partial charge is 0.306 e. The Morgan fingerprint density at radius 2 is 0.562 bits per heavy atom. The summed E-state index contributed by atoms with van der Waals surface area (Å²) >= 11 is 0. The van der Waals surface area contributed by atoms with E-state index in [1.54, 1.807) is 0 Å². The first kappa shape index (κ1) is 61.4. The van der Waals surface area contributed by atoms with Gasteiger partial charge in [-0.2, -0.15) is 0 Å². The molecule has 0 heterocycles. The van der Waals surface area contributed by atoms with Gasteiger partial charge < -0.3 is 14.2 Å². The Kier molecular flexibility index (Phi) is 50.8. The summed E-state index contributed by atoms with van der Waals surface area (Å²) in [6.07, 6.45) is 64.0. The fourth-order valence-corrected chi connectivity index (χ4v) is 7.86. The molecule has 0 aromatic carbocycles. The zero-order valence-corrected chi connectivity index (χ0v) is 42.6. The first-order valence-electron chi connectivity index (χ1n) is 27.6. The summed E-state index contributed by atoms with van der Waals surface area (Å²) in [6, 6.07) is 0. The van der Waals surface area contributed by atoms with Gasteiger partial charge in [-0.3, -0.25) is 14.4 Å². The van der Waals surface area contributed by atoms with Crippen LogP contribution in [-0.2, 0) is 28.6 Å². The lowest BCUT2D eigenvalue weighted by atomic mass is 10.1. The van der Waals surface area contributed by atoms with Gasteiger partial charge in [-0.1, -0.05) is 230 Å². The number of allylic oxidation sites excluding steroid dienone is 8. The molecule has 0 bridgehead atoms. The van der Waals surface area contributed by atoms with Crippen LogP contribution in [0.5, 0.6) is 0 Å². The highest BCUT2D eigenvalue weighted by atomic mass is 16.6. The van der Waals surface area contributed by atoms with Crippen LogP contribution in [-0.4, -0.2) is 37.2 Å². The molecule has 372 valence electrons. The molecule has 1 atom stereocenters. The van der Waals surface area contributed by atoms with E-state index in [4.69, 9.17) is 14.2 Å². The lowest BCUT2D eigenvalue weighted by molar-refractivity contribution is -0.167. The van der Waals surface area contributed by atoms with Crippen LogP contribution in [0.4, 0.5) is 0 Å². The van der Waals surface area contributed by atoms with Crippen LogP contribution in [0.2, 0.25) is 0 Å². The molecule has 1 unspecified atom stereocenters. The molecule has 0 aromatic rings. The maximum Gasteiger partial charge on any atom is 0.306 e. The lowest BCUT2D eigenvalue weighted by Crippen LogP contribution is -2.30. The Hall–Kier alpha value is -2.63. The van der Waals surface area contributed by atoms with Crippen molar-refractivity contribution in [1.29, 1.82) is 0 Å². The highest BCUT2D eigenvalue weighted by molar-refractivity contribution is 5.71. The van der Waals surface area contributed by atoms with Gasteiger partial charge in [0.05, 0.1) is 0 Å². The second-order valence-corrected chi connectivity index (χ2v) is 18.5. The zero-order valence-electron chi connectivity index (χ0n) is 42.6. The topological polar surface area (TPSA) is 78.9 Å². The van der Waals surface area contributed by atoms with Crippen LogP contribution >= 0.6 is 0 Å². The second kappa shape index (κ2) is 53.0. The molecular weight excluding hydrogens is 793 g/mol. The summed E-state index contributed by atoms with van der Waals surface area (Å²) in [5.41, 5.74) is 0. The van der Waals surface area contributed by atoms with Crippen molar-refractivity contribution in [1.82, 2.24) is 0 Å². The maximum absolute atomic E-state index is 12.8. The molecular formula is C58H104O6. The van der Waals surface area contributed by atoms with Gasteiger partial charge in [-0.25, -0.2) is 0 Å². The number of hydrogen-bond donors (Lipinski definition) is 0. The van der Waals surface area contributed by atoms with E-state index in [-0.39, 0.29) is 31.1 Å². The summed E-state index contributed by atoms with van der Waals surface area (Å²) in [7, 11) is 0. The minimum Gasteiger partial charge on any atom is -0.462 e. The number of unbranched alkanes of at least 4 members (excludes halogenated alkanes) is 31. The van der Waals surface area contributed by atoms with Gasteiger partial charge in [0, 0.05) is 19.3 Å². The minimum atomic E-state index is -0.777. The fourth-order valence-electron chi connectivity index (χ4n) is 7.86. The Balaban J connectivity index is 4.24. The Bertz CT molecular complexity index is 1120. The van der Waals surface area contributed by atoms with Gasteiger partial charge in [0.2, 0.25) is 0 Å². The summed E-state index contributed by atoms with van der Waals surface area (Å²) in [6.45, 7) is 6.59. The number of esters is 3. The summed E-state index contributed by atoms with van der Waals surface area (Å²) in [5.74, 6) is -0.893. The van der Waals surface area contributed by atoms with E-state index in [2.05, 4.69) is 69.4 Å². The summed E-state index contributed by atoms with van der Waals surface area (Å²) in [4.78, 5) is 37.9. The van der Waals surface area contributed by atoms with Crippen LogP contribution in [0.15, 0.2) is 48.6 Å². The van der Waals surface area contributed by atoms with E-state index in [0.717, 1.165) is 77.0 Å². The standard InChI is InChI=1S/C58H104O6/c1-4-7-10-13-16-18-20-22-24-26-28-29-30-32-33-35-37-39-42-45-48-51-57(60)63-54-55(53-62-56(59)50-47-44-41-15-12-9-6-3)64-58(61)52-49-46-43-40-38-36-34-31-27-25-23-21-19-17-14-11-8-5-2/h20,22,25-28,30,32,55H,4-19,21,23-24,29,31,33-54H2,1-3H3/b22-20-,27-25-,28-26-,32-30-. The van der Waals surface area contributed by atoms with Crippen LogP contribution < -0.4 is 0 Å². The monoisotopic (exact) mass is 897 g/mol. The van der Waals surface area contributed by atoms with E-state index >= 15 is 0 Å². The maximum atomic E-state index is 12.8. The predicted molar refractivity (Wildman–Crippen MR) is 275 cm³/mol. The third-order valence-corrected chi connectivity index (χ3v) is 12.1. The average Bonchev–Trinajstić information content (AvgIpc) is 3.29. The third-order valence-electron chi connectivity index (χ3n) is 12.1. The summed E-state index contributed by atoms with van der Waals surface area (Å²) in [5, 5.41) is 0. The number of carbonyl (C=O) groups is 3. The van der Waals surface area contributed by atoms with E-state index in [1.807, 2.05) is 0 Å². The molecule has 0 aliphatic rings. The summed E-state index contributed by atoms with van der Waals surface area (Å²) < 4.78 is 16.8. The zero-order chi connectivity index (χ0) is 46.5. The highest BCUT2D eigenvalue weighted by Gasteiger charge is 2.19. The van der Waals surface area contributed by atoms with Crippen molar-refractivity contribution in [3.63, 3.8) is 0 Å². The number of rotatable bonds is 50. The average molecular weight is 897 g/mol. The van der Waals surface area contributed by atoms with Gasteiger partial charge in [-0.05, 0) is 83.5 Å². The van der Waals surface area contributed by atoms with Crippen LogP contribution in [0.25, 0.3) is 0 Å². The quantitative estimate of drug-likeness (QED) is 0.0262. The second-order valence-electron chi connectivity index (χ2n) is 18.5. The van der Waals surface area contributed by atoms with Crippen LogP contribution in [0.1, 0.15) is 284 Å². The lowest BCUT2D eigenvalue weighted by Gasteiger charge is -2.18. The SMILES string of the molecule is CCCCCCC/C=C\C/C=C\C/C=C\CCCCCCCCC(=O)OCC(COC(=O)CCCCCCCCC)OC(=O)CCCCCCCCC/C=C\CCCCCCCCC. The Morgan fingerprint density at radius 1 is 0.312 bits per heavy atom. The first-order chi connectivity index (χ1) is 31.5. The molecule has 64 heavy (non-hydrogen) atoms. The molecule has 0 amide bonds. The molecule has 6 heteroatoms. The van der Waals surface area contributed by atoms with E-state index in [0.29, 0.717) is 19.3 Å². The molecule has 0 saturated carbocycles. The fraction of sp³-hybridized carbons (Fsp3) is 0.810. The molecule has 6 nitrogen and oxygen atoms in total. The van der Waals surface area contributed by atoms with Gasteiger partial charge in [0.15, 0.2) is 6.10 Å². The van der Waals surface area contributed by atoms with Crippen LogP contribution in [0.3, 0.4) is 0 Å². The molecule has 0 fully saturated rings. The van der Waals surface area contributed by atoms with Gasteiger partial charge in [0.1, 0.15) is 13.2 Å². The first-order valence-corrected chi connectivity index (χ1v) is 27.6. The third kappa shape index (κ3) is 50.4. The van der Waals surface area contributed by atoms with E-state index < -0.39 is 6.10 Å². The molecule has 0 aliphatic carbocycles. The van der Waals surface area contributed by atoms with Crippen molar-refractivity contribution >= 4 is 17.9 Å². The molecule has 0 saturated heterocycles. The number of ether oxygens (including phenoxy) is 3. The normalized spacial score (nSPS) is 12.4. The molecule has 0 N–H and O–H groups in total. The van der Waals surface area contributed by atoms with Crippen molar-refractivity contribution in [2.75, 3.05) is 13.2 Å². The highest BCUT2D eigenvalue weighted by Crippen LogP contribution is 2.15. The van der Waals surface area contributed by atoms with E-state index in [9.17, 15) is 14.4 Å². The molecule has 0 rings (SSSR count). The van der Waals surface area contributed by atoms with E-state index in [1.165, 1.54) is 167 Å². The van der Waals surface area contributed by atoms with Crippen molar-refractivity contribution in [3.05, 3.63) is 48.6 Å². The van der Waals surface area contributed by atoms with Crippen molar-refractivity contribution in [3.8, 4) is 0 Å². The Labute approximate surface area is 397 Å². The number of hydrogen-bond acceptors (Lipinski definition) is 6. The van der Waals surface area contributed by atoms with Crippen molar-refractivity contribution < 1.29 is 28.6 Å². The molecule has 0 spiro atoms. The molecule has 0 aromatic heterocycles. The number of carbonyl (C=O) groups excluding carboxylic acids is 3. The largest absolute Gasteiger partial charge is 0.462 e. The van der Waals surface area contributed by atoms with Gasteiger partial charge in [0.25, 0.3) is 0 Å².